The predicted molar refractivity (Wildman–Crippen MR) is 130 cm³/mol. The van der Waals surface area contributed by atoms with Gasteiger partial charge in [-0.15, -0.1) is 6.42 Å². The van der Waals surface area contributed by atoms with Gasteiger partial charge in [0.25, 0.3) is 5.91 Å². The van der Waals surface area contributed by atoms with Crippen LogP contribution in [-0.2, 0) is 10.3 Å². The minimum Gasteiger partial charge on any atom is -0.385 e. The molecule has 4 rings (SSSR count). The van der Waals surface area contributed by atoms with Crippen molar-refractivity contribution >= 4 is 17.2 Å². The minimum absolute atomic E-state index is 0.0272. The zero-order chi connectivity index (χ0) is 23.8. The van der Waals surface area contributed by atoms with Crippen LogP contribution in [0.5, 0.6) is 0 Å². The number of rotatable bonds is 4. The zero-order valence-electron chi connectivity index (χ0n) is 19.9. The van der Waals surface area contributed by atoms with Crippen LogP contribution in [0.1, 0.15) is 87.2 Å². The van der Waals surface area contributed by atoms with E-state index in [9.17, 15) is 9.90 Å². The molecule has 1 fully saturated rings. The quantitative estimate of drug-likeness (QED) is 0.575. The van der Waals surface area contributed by atoms with Crippen LogP contribution in [0.3, 0.4) is 0 Å². The summed E-state index contributed by atoms with van der Waals surface area (Å²) < 4.78 is 5.86. The van der Waals surface area contributed by atoms with E-state index in [2.05, 4.69) is 41.1 Å². The van der Waals surface area contributed by atoms with Gasteiger partial charge in [0.1, 0.15) is 5.69 Å². The Labute approximate surface area is 195 Å². The first-order valence-electron chi connectivity index (χ1n) is 11.6. The highest BCUT2D eigenvalue weighted by molar-refractivity contribution is 6.03. The molecular weight excluding hydrogens is 414 g/mol. The third-order valence-corrected chi connectivity index (χ3v) is 6.78. The molecular formula is C27H33N3O3. The van der Waals surface area contributed by atoms with Crippen molar-refractivity contribution in [3.8, 4) is 12.3 Å². The molecule has 2 aliphatic rings. The maximum absolute atomic E-state index is 12.9. The number of carbonyl (C=O) groups is 1. The van der Waals surface area contributed by atoms with Gasteiger partial charge in [-0.2, -0.15) is 0 Å². The van der Waals surface area contributed by atoms with Gasteiger partial charge in [-0.3, -0.25) is 4.79 Å². The summed E-state index contributed by atoms with van der Waals surface area (Å²) in [5.41, 5.74) is 3.37. The summed E-state index contributed by atoms with van der Waals surface area (Å²) in [6.07, 6.45) is 13.1. The molecule has 2 aromatic rings. The number of benzene rings is 1. The average Bonchev–Trinajstić information content (AvgIpc) is 3.23. The molecule has 0 unspecified atom stereocenters. The van der Waals surface area contributed by atoms with Crippen molar-refractivity contribution in [2.75, 3.05) is 5.32 Å². The van der Waals surface area contributed by atoms with Crippen LogP contribution in [0.15, 0.2) is 30.5 Å². The fraction of sp³-hybridized carbons (Fsp3) is 0.481. The highest BCUT2D eigenvalue weighted by Crippen LogP contribution is 2.43. The predicted octanol–water partition coefficient (Wildman–Crippen LogP) is 5.01. The first kappa shape index (κ1) is 23.3. The van der Waals surface area contributed by atoms with Crippen LogP contribution in [0.4, 0.5) is 5.69 Å². The number of imidazole rings is 1. The molecule has 0 radical (unpaired) electrons. The Kier molecular flexibility index (Phi) is 6.22. The van der Waals surface area contributed by atoms with Crippen molar-refractivity contribution in [3.05, 3.63) is 53.1 Å². The fourth-order valence-electron chi connectivity index (χ4n) is 4.99. The van der Waals surface area contributed by atoms with Crippen molar-refractivity contribution in [2.24, 2.45) is 5.41 Å². The molecule has 1 amide bonds. The Morgan fingerprint density at radius 2 is 2.03 bits per heavy atom. The van der Waals surface area contributed by atoms with Crippen molar-refractivity contribution in [1.29, 1.82) is 0 Å². The molecule has 1 aromatic heterocycles. The van der Waals surface area contributed by atoms with Crippen LogP contribution in [-0.4, -0.2) is 33.2 Å². The van der Waals surface area contributed by atoms with E-state index in [0.29, 0.717) is 24.2 Å². The van der Waals surface area contributed by atoms with Gasteiger partial charge in [0.05, 0.1) is 17.8 Å². The summed E-state index contributed by atoms with van der Waals surface area (Å²) in [7, 11) is 0. The van der Waals surface area contributed by atoms with E-state index >= 15 is 0 Å². The Hall–Kier alpha value is -2.88. The number of amides is 1. The van der Waals surface area contributed by atoms with Gasteiger partial charge < -0.3 is 20.1 Å². The summed E-state index contributed by atoms with van der Waals surface area (Å²) in [5.74, 6) is 2.24. The molecule has 3 atom stereocenters. The number of carbonyl (C=O) groups excluding carboxylic acids is 1. The second kappa shape index (κ2) is 8.81. The SMILES string of the molecule is C#Cc1c[nH]c(C(=O)Nc2ccc([C@]3(O)C[C@@H](C)O[C@@H](C)C3)cc2C2=CCC(C)(C)CC2)n1. The van der Waals surface area contributed by atoms with Gasteiger partial charge in [0.2, 0.25) is 0 Å². The monoisotopic (exact) mass is 447 g/mol. The normalized spacial score (nSPS) is 26.8. The van der Waals surface area contributed by atoms with Crippen LogP contribution in [0.25, 0.3) is 5.57 Å². The Morgan fingerprint density at radius 3 is 2.64 bits per heavy atom. The number of allylic oxidation sites excluding steroid dienone is 2. The Bertz CT molecular complexity index is 1110. The largest absolute Gasteiger partial charge is 0.385 e. The Morgan fingerprint density at radius 1 is 1.30 bits per heavy atom. The second-order valence-corrected chi connectivity index (χ2v) is 10.3. The maximum Gasteiger partial charge on any atom is 0.291 e. The van der Waals surface area contributed by atoms with E-state index in [4.69, 9.17) is 11.2 Å². The molecule has 1 aromatic carbocycles. The van der Waals surface area contributed by atoms with Gasteiger partial charge in [-0.05, 0) is 67.7 Å². The molecule has 6 heteroatoms. The van der Waals surface area contributed by atoms with Crippen molar-refractivity contribution in [2.45, 2.75) is 77.6 Å². The summed E-state index contributed by atoms with van der Waals surface area (Å²) in [5, 5.41) is 14.5. The first-order chi connectivity index (χ1) is 15.6. The second-order valence-electron chi connectivity index (χ2n) is 10.3. The number of aromatic amines is 1. The number of anilines is 1. The van der Waals surface area contributed by atoms with Gasteiger partial charge in [0.15, 0.2) is 5.82 Å². The summed E-state index contributed by atoms with van der Waals surface area (Å²) in [6.45, 7) is 8.53. The smallest absolute Gasteiger partial charge is 0.291 e. The van der Waals surface area contributed by atoms with Crippen molar-refractivity contribution < 1.29 is 14.6 Å². The van der Waals surface area contributed by atoms with Gasteiger partial charge in [-0.25, -0.2) is 4.98 Å². The Balaban J connectivity index is 1.71. The molecule has 0 bridgehead atoms. The summed E-state index contributed by atoms with van der Waals surface area (Å²) in [4.78, 5) is 19.8. The molecule has 1 aliphatic carbocycles. The van der Waals surface area contributed by atoms with Crippen LogP contribution in [0.2, 0.25) is 0 Å². The summed E-state index contributed by atoms with van der Waals surface area (Å²) in [6, 6.07) is 5.84. The third-order valence-electron chi connectivity index (χ3n) is 6.78. The highest BCUT2D eigenvalue weighted by atomic mass is 16.5. The molecule has 3 N–H and O–H groups in total. The topological polar surface area (TPSA) is 87.2 Å². The molecule has 174 valence electrons. The maximum atomic E-state index is 12.9. The number of aliphatic hydroxyl groups is 1. The molecule has 1 aliphatic heterocycles. The van der Waals surface area contributed by atoms with Crippen molar-refractivity contribution in [3.63, 3.8) is 0 Å². The number of aromatic nitrogens is 2. The molecule has 33 heavy (non-hydrogen) atoms. The molecule has 6 nitrogen and oxygen atoms in total. The van der Waals surface area contributed by atoms with Crippen LogP contribution >= 0.6 is 0 Å². The molecule has 0 saturated carbocycles. The van der Waals surface area contributed by atoms with E-state index in [1.165, 1.54) is 11.8 Å². The van der Waals surface area contributed by atoms with E-state index in [1.54, 1.807) is 0 Å². The molecule has 1 saturated heterocycles. The zero-order valence-corrected chi connectivity index (χ0v) is 19.9. The molecule has 2 heterocycles. The minimum atomic E-state index is -0.967. The number of hydrogen-bond donors (Lipinski definition) is 3. The average molecular weight is 448 g/mol. The lowest BCUT2D eigenvalue weighted by molar-refractivity contribution is -0.135. The van der Waals surface area contributed by atoms with Gasteiger partial charge in [0, 0.05) is 30.3 Å². The van der Waals surface area contributed by atoms with Gasteiger partial charge in [-0.1, -0.05) is 26.0 Å². The highest BCUT2D eigenvalue weighted by Gasteiger charge is 2.39. The number of nitrogens with zero attached hydrogens (tertiary/aromatic N) is 1. The number of nitrogens with one attached hydrogen (secondary N) is 2. The standard InChI is InChI=1S/C27H33N3O3/c1-6-21-16-28-24(29-21)25(31)30-23-8-7-20(27(32)14-17(2)33-18(3)15-27)13-22(23)19-9-11-26(4,5)12-10-19/h1,7-9,13,16-18,32H,10-12,14-15H2,2-5H3,(H,28,29)(H,30,31)/t17-,18+,27+. The first-order valence-corrected chi connectivity index (χ1v) is 11.6. The van der Waals surface area contributed by atoms with Crippen LogP contribution < -0.4 is 5.32 Å². The number of H-pyrrole nitrogens is 1. The number of terminal acetylenes is 1. The van der Waals surface area contributed by atoms with Gasteiger partial charge >= 0.3 is 0 Å². The lowest BCUT2D eigenvalue weighted by Crippen LogP contribution is -2.41. The lowest BCUT2D eigenvalue weighted by atomic mass is 9.75. The van der Waals surface area contributed by atoms with E-state index in [1.807, 2.05) is 32.0 Å². The van der Waals surface area contributed by atoms with E-state index < -0.39 is 5.60 Å². The third kappa shape index (κ3) is 5.05. The number of hydrogen-bond acceptors (Lipinski definition) is 4. The van der Waals surface area contributed by atoms with Crippen molar-refractivity contribution in [1.82, 2.24) is 9.97 Å². The molecule has 0 spiro atoms. The van der Waals surface area contributed by atoms with E-state index in [0.717, 1.165) is 30.4 Å². The van der Waals surface area contributed by atoms with Crippen LogP contribution in [0, 0.1) is 17.8 Å². The fourth-order valence-corrected chi connectivity index (χ4v) is 4.99. The lowest BCUT2D eigenvalue weighted by Gasteiger charge is -2.40. The number of ether oxygens (including phenoxy) is 1. The summed E-state index contributed by atoms with van der Waals surface area (Å²) >= 11 is 0. The van der Waals surface area contributed by atoms with E-state index in [-0.39, 0.29) is 29.4 Å².